The molecule has 130 valence electrons. The lowest BCUT2D eigenvalue weighted by molar-refractivity contribution is -0.118. The SMILES string of the molecule is CC1CCN(c2ccc(Nc3cnc4c(c3)OCC(=O)N4)cc2)CC1. The molecule has 4 rings (SSSR count). The molecule has 2 aliphatic heterocycles. The van der Waals surface area contributed by atoms with Crippen molar-refractivity contribution in [3.63, 3.8) is 0 Å². The van der Waals surface area contributed by atoms with Gasteiger partial charge in [0.05, 0.1) is 11.9 Å². The zero-order valence-corrected chi connectivity index (χ0v) is 14.3. The van der Waals surface area contributed by atoms with Crippen LogP contribution in [0.5, 0.6) is 5.75 Å². The van der Waals surface area contributed by atoms with Crippen molar-refractivity contribution in [3.8, 4) is 5.75 Å². The van der Waals surface area contributed by atoms with Crippen molar-refractivity contribution < 1.29 is 9.53 Å². The molecule has 0 bridgehead atoms. The minimum Gasteiger partial charge on any atom is -0.480 e. The highest BCUT2D eigenvalue weighted by Gasteiger charge is 2.18. The molecular weight excluding hydrogens is 316 g/mol. The van der Waals surface area contributed by atoms with E-state index in [1.807, 2.05) is 6.07 Å². The quantitative estimate of drug-likeness (QED) is 0.898. The molecule has 25 heavy (non-hydrogen) atoms. The van der Waals surface area contributed by atoms with E-state index in [4.69, 9.17) is 4.74 Å². The number of nitrogens with one attached hydrogen (secondary N) is 2. The Hall–Kier alpha value is -2.76. The molecule has 1 aromatic carbocycles. The Balaban J connectivity index is 1.44. The zero-order chi connectivity index (χ0) is 17.2. The Kier molecular flexibility index (Phi) is 4.17. The van der Waals surface area contributed by atoms with Gasteiger partial charge in [0.2, 0.25) is 0 Å². The lowest BCUT2D eigenvalue weighted by Gasteiger charge is -2.32. The third kappa shape index (κ3) is 3.52. The number of fused-ring (bicyclic) bond motifs is 1. The fraction of sp³-hybridized carbons (Fsp3) is 0.368. The fourth-order valence-corrected chi connectivity index (χ4v) is 3.22. The van der Waals surface area contributed by atoms with Crippen LogP contribution in [0.25, 0.3) is 0 Å². The number of nitrogens with zero attached hydrogens (tertiary/aromatic N) is 2. The van der Waals surface area contributed by atoms with Crippen molar-refractivity contribution in [2.75, 3.05) is 35.2 Å². The molecule has 6 nitrogen and oxygen atoms in total. The predicted molar refractivity (Wildman–Crippen MR) is 98.7 cm³/mol. The molecule has 0 unspecified atom stereocenters. The van der Waals surface area contributed by atoms with Gasteiger partial charge >= 0.3 is 0 Å². The molecule has 2 aliphatic rings. The van der Waals surface area contributed by atoms with Gasteiger partial charge in [0.25, 0.3) is 5.91 Å². The van der Waals surface area contributed by atoms with Crippen LogP contribution in [0.1, 0.15) is 19.8 Å². The maximum absolute atomic E-state index is 11.3. The number of benzene rings is 1. The van der Waals surface area contributed by atoms with E-state index in [1.165, 1.54) is 18.5 Å². The normalized spacial score (nSPS) is 17.5. The van der Waals surface area contributed by atoms with Gasteiger partial charge in [-0.2, -0.15) is 0 Å². The van der Waals surface area contributed by atoms with E-state index in [-0.39, 0.29) is 12.5 Å². The van der Waals surface area contributed by atoms with Gasteiger partial charge in [-0.05, 0) is 43.0 Å². The van der Waals surface area contributed by atoms with Gasteiger partial charge in [-0.15, -0.1) is 0 Å². The van der Waals surface area contributed by atoms with E-state index in [9.17, 15) is 4.79 Å². The molecule has 0 spiro atoms. The van der Waals surface area contributed by atoms with Gasteiger partial charge in [-0.25, -0.2) is 4.98 Å². The number of ether oxygens (including phenoxy) is 1. The van der Waals surface area contributed by atoms with Crippen LogP contribution in [0.2, 0.25) is 0 Å². The minimum atomic E-state index is -0.177. The van der Waals surface area contributed by atoms with E-state index in [0.717, 1.165) is 30.4 Å². The summed E-state index contributed by atoms with van der Waals surface area (Å²) >= 11 is 0. The molecule has 3 heterocycles. The Morgan fingerprint density at radius 1 is 1.20 bits per heavy atom. The van der Waals surface area contributed by atoms with Crippen molar-refractivity contribution in [2.24, 2.45) is 5.92 Å². The first-order valence-corrected chi connectivity index (χ1v) is 8.72. The average molecular weight is 338 g/mol. The molecule has 1 aromatic heterocycles. The number of hydrogen-bond acceptors (Lipinski definition) is 5. The average Bonchev–Trinajstić information content (AvgIpc) is 2.63. The number of pyridine rings is 1. The summed E-state index contributed by atoms with van der Waals surface area (Å²) < 4.78 is 5.40. The Morgan fingerprint density at radius 2 is 1.96 bits per heavy atom. The van der Waals surface area contributed by atoms with Crippen molar-refractivity contribution >= 4 is 28.8 Å². The number of piperidine rings is 1. The summed E-state index contributed by atoms with van der Waals surface area (Å²) in [7, 11) is 0. The standard InChI is InChI=1S/C19H22N4O2/c1-13-6-8-23(9-7-13)16-4-2-14(3-5-16)21-15-10-17-19(20-11-15)22-18(24)12-25-17/h2-5,10-11,13,21H,6-9,12H2,1H3,(H,20,22,24). The van der Waals surface area contributed by atoms with Crippen molar-refractivity contribution in [1.29, 1.82) is 0 Å². The van der Waals surface area contributed by atoms with Gasteiger partial charge < -0.3 is 20.3 Å². The van der Waals surface area contributed by atoms with E-state index in [1.54, 1.807) is 6.20 Å². The first kappa shape index (κ1) is 15.7. The van der Waals surface area contributed by atoms with Crippen molar-refractivity contribution in [1.82, 2.24) is 4.98 Å². The maximum atomic E-state index is 11.3. The van der Waals surface area contributed by atoms with E-state index >= 15 is 0 Å². The van der Waals surface area contributed by atoms with Crippen LogP contribution in [0.15, 0.2) is 36.5 Å². The summed E-state index contributed by atoms with van der Waals surface area (Å²) in [6, 6.07) is 10.3. The smallest absolute Gasteiger partial charge is 0.263 e. The second-order valence-electron chi connectivity index (χ2n) is 6.75. The summed E-state index contributed by atoms with van der Waals surface area (Å²) in [5.74, 6) is 1.71. The molecule has 1 amide bonds. The van der Waals surface area contributed by atoms with Crippen LogP contribution >= 0.6 is 0 Å². The van der Waals surface area contributed by atoms with Gasteiger partial charge in [-0.3, -0.25) is 4.79 Å². The van der Waals surface area contributed by atoms with Crippen LogP contribution in [0.4, 0.5) is 22.9 Å². The first-order chi connectivity index (χ1) is 12.2. The summed E-state index contributed by atoms with van der Waals surface area (Å²) in [4.78, 5) is 18.0. The molecule has 1 saturated heterocycles. The molecule has 2 aromatic rings. The molecule has 6 heteroatoms. The van der Waals surface area contributed by atoms with Gasteiger partial charge in [0, 0.05) is 30.5 Å². The van der Waals surface area contributed by atoms with Gasteiger partial charge in [0.15, 0.2) is 18.2 Å². The second kappa shape index (κ2) is 6.63. The van der Waals surface area contributed by atoms with E-state index in [2.05, 4.69) is 51.7 Å². The third-order valence-electron chi connectivity index (χ3n) is 4.77. The molecule has 0 radical (unpaired) electrons. The van der Waals surface area contributed by atoms with Crippen molar-refractivity contribution in [2.45, 2.75) is 19.8 Å². The predicted octanol–water partition coefficient (Wildman–Crippen LogP) is 3.39. The largest absolute Gasteiger partial charge is 0.480 e. The lowest BCUT2D eigenvalue weighted by Crippen LogP contribution is -2.32. The second-order valence-corrected chi connectivity index (χ2v) is 6.75. The van der Waals surface area contributed by atoms with Gasteiger partial charge in [0.1, 0.15) is 0 Å². The van der Waals surface area contributed by atoms with Crippen molar-refractivity contribution in [3.05, 3.63) is 36.5 Å². The maximum Gasteiger partial charge on any atom is 0.263 e. The number of aromatic nitrogens is 1. The van der Waals surface area contributed by atoms with Crippen LogP contribution in [-0.4, -0.2) is 30.6 Å². The third-order valence-corrected chi connectivity index (χ3v) is 4.77. The number of amides is 1. The number of carbonyl (C=O) groups excluding carboxylic acids is 1. The van der Waals surface area contributed by atoms with E-state index < -0.39 is 0 Å². The van der Waals surface area contributed by atoms with Crippen LogP contribution in [0, 0.1) is 5.92 Å². The zero-order valence-electron chi connectivity index (χ0n) is 14.3. The summed E-state index contributed by atoms with van der Waals surface area (Å²) in [5, 5.41) is 6.02. The highest BCUT2D eigenvalue weighted by Crippen LogP contribution is 2.30. The molecular formula is C19H22N4O2. The Morgan fingerprint density at radius 3 is 2.72 bits per heavy atom. The van der Waals surface area contributed by atoms with Gasteiger partial charge in [-0.1, -0.05) is 6.92 Å². The minimum absolute atomic E-state index is 0.0290. The highest BCUT2D eigenvalue weighted by atomic mass is 16.5. The molecule has 0 atom stereocenters. The number of carbonyl (C=O) groups is 1. The topological polar surface area (TPSA) is 66.5 Å². The molecule has 0 saturated carbocycles. The molecule has 2 N–H and O–H groups in total. The van der Waals surface area contributed by atoms with E-state index in [0.29, 0.717) is 11.6 Å². The highest BCUT2D eigenvalue weighted by molar-refractivity contribution is 5.94. The number of rotatable bonds is 3. The monoisotopic (exact) mass is 338 g/mol. The molecule has 1 fully saturated rings. The summed E-state index contributed by atoms with van der Waals surface area (Å²) in [5.41, 5.74) is 3.09. The number of anilines is 4. The Bertz CT molecular complexity index is 767. The van der Waals surface area contributed by atoms with Crippen LogP contribution < -0.4 is 20.3 Å². The van der Waals surface area contributed by atoms with Crippen LogP contribution in [0.3, 0.4) is 0 Å². The Labute approximate surface area is 147 Å². The lowest BCUT2D eigenvalue weighted by atomic mass is 9.99. The molecule has 0 aliphatic carbocycles. The summed E-state index contributed by atoms with van der Waals surface area (Å²) in [6.45, 7) is 4.62. The number of hydrogen-bond donors (Lipinski definition) is 2. The fourth-order valence-electron chi connectivity index (χ4n) is 3.22. The first-order valence-electron chi connectivity index (χ1n) is 8.72. The summed E-state index contributed by atoms with van der Waals surface area (Å²) in [6.07, 6.45) is 4.21. The van der Waals surface area contributed by atoms with Crippen LogP contribution in [-0.2, 0) is 4.79 Å².